The minimum Gasteiger partial charge on any atom is -0.335 e. The predicted molar refractivity (Wildman–Crippen MR) is 110 cm³/mol. The Balaban J connectivity index is 1.77. The first-order chi connectivity index (χ1) is 13.6. The first kappa shape index (κ1) is 19.3. The number of pyridine rings is 1. The summed E-state index contributed by atoms with van der Waals surface area (Å²) in [7, 11) is 0. The number of hydrogen-bond donors (Lipinski definition) is 1. The molecule has 5 heteroatoms. The van der Waals surface area contributed by atoms with Crippen LogP contribution < -0.4 is 5.32 Å². The number of carbonyl (C=O) groups is 2. The van der Waals surface area contributed by atoms with E-state index in [2.05, 4.69) is 10.3 Å². The second kappa shape index (κ2) is 8.95. The number of rotatable bonds is 6. The van der Waals surface area contributed by atoms with E-state index >= 15 is 0 Å². The SMILES string of the molecule is CCN(Cc1ccccc1)C(=O)c1cncc(C(=O)Nc2ccccc2C)c1. The summed E-state index contributed by atoms with van der Waals surface area (Å²) >= 11 is 0. The lowest BCUT2D eigenvalue weighted by molar-refractivity contribution is 0.0752. The van der Waals surface area contributed by atoms with Gasteiger partial charge >= 0.3 is 0 Å². The number of hydrogen-bond acceptors (Lipinski definition) is 3. The van der Waals surface area contributed by atoms with E-state index in [0.29, 0.717) is 24.2 Å². The Morgan fingerprint density at radius 2 is 1.64 bits per heavy atom. The van der Waals surface area contributed by atoms with Gasteiger partial charge in [0.15, 0.2) is 0 Å². The normalized spacial score (nSPS) is 10.4. The summed E-state index contributed by atoms with van der Waals surface area (Å²) in [4.78, 5) is 31.4. The van der Waals surface area contributed by atoms with Gasteiger partial charge in [-0.1, -0.05) is 48.5 Å². The van der Waals surface area contributed by atoms with Crippen molar-refractivity contribution < 1.29 is 9.59 Å². The molecule has 0 atom stereocenters. The van der Waals surface area contributed by atoms with Crippen molar-refractivity contribution in [2.75, 3.05) is 11.9 Å². The van der Waals surface area contributed by atoms with Crippen LogP contribution in [0.4, 0.5) is 5.69 Å². The number of nitrogens with one attached hydrogen (secondary N) is 1. The number of para-hydroxylation sites is 1. The van der Waals surface area contributed by atoms with Crippen molar-refractivity contribution in [2.24, 2.45) is 0 Å². The lowest BCUT2D eigenvalue weighted by atomic mass is 10.1. The van der Waals surface area contributed by atoms with E-state index in [1.807, 2.05) is 68.4 Å². The Labute approximate surface area is 165 Å². The lowest BCUT2D eigenvalue weighted by Crippen LogP contribution is -2.30. The Kier molecular flexibility index (Phi) is 6.17. The fourth-order valence-electron chi connectivity index (χ4n) is 2.90. The van der Waals surface area contributed by atoms with E-state index in [1.165, 1.54) is 12.4 Å². The quantitative estimate of drug-likeness (QED) is 0.700. The smallest absolute Gasteiger partial charge is 0.257 e. The Bertz CT molecular complexity index is 970. The van der Waals surface area contributed by atoms with Crippen LogP contribution in [0.25, 0.3) is 0 Å². The van der Waals surface area contributed by atoms with Gasteiger partial charge in [0.25, 0.3) is 11.8 Å². The van der Waals surface area contributed by atoms with Crippen LogP contribution >= 0.6 is 0 Å². The molecule has 1 heterocycles. The third kappa shape index (κ3) is 4.62. The van der Waals surface area contributed by atoms with Crippen LogP contribution in [-0.4, -0.2) is 28.2 Å². The van der Waals surface area contributed by atoms with Crippen molar-refractivity contribution in [3.05, 3.63) is 95.3 Å². The summed E-state index contributed by atoms with van der Waals surface area (Å²) in [6.07, 6.45) is 2.97. The molecule has 0 unspecified atom stereocenters. The van der Waals surface area contributed by atoms with Gasteiger partial charge in [-0.25, -0.2) is 0 Å². The number of anilines is 1. The summed E-state index contributed by atoms with van der Waals surface area (Å²) in [6, 6.07) is 19.0. The van der Waals surface area contributed by atoms with E-state index in [4.69, 9.17) is 0 Å². The average Bonchev–Trinajstić information content (AvgIpc) is 2.74. The maximum atomic E-state index is 12.9. The highest BCUT2D eigenvalue weighted by Crippen LogP contribution is 2.16. The van der Waals surface area contributed by atoms with Crippen molar-refractivity contribution >= 4 is 17.5 Å². The van der Waals surface area contributed by atoms with Gasteiger partial charge in [0, 0.05) is 31.2 Å². The molecule has 3 rings (SSSR count). The fraction of sp³-hybridized carbons (Fsp3) is 0.174. The molecule has 1 N–H and O–H groups in total. The first-order valence-electron chi connectivity index (χ1n) is 9.23. The van der Waals surface area contributed by atoms with Crippen molar-refractivity contribution in [1.82, 2.24) is 9.88 Å². The molecule has 142 valence electrons. The Morgan fingerprint density at radius 3 is 2.36 bits per heavy atom. The highest BCUT2D eigenvalue weighted by Gasteiger charge is 2.17. The van der Waals surface area contributed by atoms with Crippen LogP contribution in [-0.2, 0) is 6.54 Å². The van der Waals surface area contributed by atoms with Crippen molar-refractivity contribution in [1.29, 1.82) is 0 Å². The molecule has 28 heavy (non-hydrogen) atoms. The van der Waals surface area contributed by atoms with Crippen LogP contribution in [0.15, 0.2) is 73.1 Å². The van der Waals surface area contributed by atoms with E-state index in [0.717, 1.165) is 16.8 Å². The van der Waals surface area contributed by atoms with Crippen LogP contribution in [0, 0.1) is 6.92 Å². The highest BCUT2D eigenvalue weighted by molar-refractivity contribution is 6.06. The Morgan fingerprint density at radius 1 is 0.964 bits per heavy atom. The molecule has 0 saturated carbocycles. The topological polar surface area (TPSA) is 62.3 Å². The summed E-state index contributed by atoms with van der Waals surface area (Å²) in [5.74, 6) is -0.438. The van der Waals surface area contributed by atoms with Crippen molar-refractivity contribution in [2.45, 2.75) is 20.4 Å². The molecule has 1 aromatic heterocycles. The van der Waals surface area contributed by atoms with E-state index < -0.39 is 0 Å². The minimum atomic E-state index is -0.289. The zero-order chi connectivity index (χ0) is 19.9. The maximum Gasteiger partial charge on any atom is 0.257 e. The zero-order valence-electron chi connectivity index (χ0n) is 16.1. The molecule has 2 amide bonds. The summed E-state index contributed by atoms with van der Waals surface area (Å²) in [6.45, 7) is 4.93. The largest absolute Gasteiger partial charge is 0.335 e. The lowest BCUT2D eigenvalue weighted by Gasteiger charge is -2.21. The van der Waals surface area contributed by atoms with Gasteiger partial charge in [0.05, 0.1) is 11.1 Å². The van der Waals surface area contributed by atoms with E-state index in [9.17, 15) is 9.59 Å². The second-order valence-corrected chi connectivity index (χ2v) is 6.54. The molecule has 0 spiro atoms. The van der Waals surface area contributed by atoms with Gasteiger partial charge in [-0.05, 0) is 37.1 Å². The van der Waals surface area contributed by atoms with E-state index in [1.54, 1.807) is 11.0 Å². The third-order valence-electron chi connectivity index (χ3n) is 4.53. The summed E-state index contributed by atoms with van der Waals surface area (Å²) in [5, 5.41) is 2.87. The molecule has 2 aromatic carbocycles. The number of carbonyl (C=O) groups excluding carboxylic acids is 2. The molecule has 0 aliphatic heterocycles. The van der Waals surface area contributed by atoms with Crippen molar-refractivity contribution in [3.63, 3.8) is 0 Å². The predicted octanol–water partition coefficient (Wildman–Crippen LogP) is 4.30. The van der Waals surface area contributed by atoms with Gasteiger partial charge < -0.3 is 10.2 Å². The van der Waals surface area contributed by atoms with Crippen LogP contribution in [0.1, 0.15) is 38.8 Å². The molecular formula is C23H23N3O2. The molecule has 0 aliphatic rings. The monoisotopic (exact) mass is 373 g/mol. The van der Waals surface area contributed by atoms with Crippen molar-refractivity contribution in [3.8, 4) is 0 Å². The van der Waals surface area contributed by atoms with Crippen LogP contribution in [0.5, 0.6) is 0 Å². The summed E-state index contributed by atoms with van der Waals surface area (Å²) in [5.41, 5.74) is 3.51. The number of nitrogens with zero attached hydrogens (tertiary/aromatic N) is 2. The standard InChI is InChI=1S/C23H23N3O2/c1-3-26(16-18-10-5-4-6-11-18)23(28)20-13-19(14-24-15-20)22(27)25-21-12-8-7-9-17(21)2/h4-15H,3,16H2,1-2H3,(H,25,27). The average molecular weight is 373 g/mol. The number of aryl methyl sites for hydroxylation is 1. The van der Waals surface area contributed by atoms with E-state index in [-0.39, 0.29) is 11.8 Å². The maximum absolute atomic E-state index is 12.9. The van der Waals surface area contributed by atoms with Gasteiger partial charge in [0.2, 0.25) is 0 Å². The highest BCUT2D eigenvalue weighted by atomic mass is 16.2. The van der Waals surface area contributed by atoms with Gasteiger partial charge in [-0.15, -0.1) is 0 Å². The fourth-order valence-corrected chi connectivity index (χ4v) is 2.90. The van der Waals surface area contributed by atoms with Gasteiger partial charge in [-0.2, -0.15) is 0 Å². The molecule has 0 radical (unpaired) electrons. The van der Waals surface area contributed by atoms with Crippen LogP contribution in [0.3, 0.4) is 0 Å². The molecule has 0 fully saturated rings. The molecule has 0 saturated heterocycles. The molecular weight excluding hydrogens is 350 g/mol. The second-order valence-electron chi connectivity index (χ2n) is 6.54. The summed E-state index contributed by atoms with van der Waals surface area (Å²) < 4.78 is 0. The molecule has 3 aromatic rings. The zero-order valence-corrected chi connectivity index (χ0v) is 16.1. The Hall–Kier alpha value is -3.47. The number of aromatic nitrogens is 1. The number of amides is 2. The third-order valence-corrected chi connectivity index (χ3v) is 4.53. The van der Waals surface area contributed by atoms with Crippen LogP contribution in [0.2, 0.25) is 0 Å². The first-order valence-corrected chi connectivity index (χ1v) is 9.23. The minimum absolute atomic E-state index is 0.149. The molecule has 5 nitrogen and oxygen atoms in total. The van der Waals surface area contributed by atoms with Gasteiger partial charge in [-0.3, -0.25) is 14.6 Å². The molecule has 0 bridgehead atoms. The number of benzene rings is 2. The molecule has 0 aliphatic carbocycles. The van der Waals surface area contributed by atoms with Gasteiger partial charge in [0.1, 0.15) is 0 Å².